The van der Waals surface area contributed by atoms with E-state index in [-0.39, 0.29) is 49.2 Å². The lowest BCUT2D eigenvalue weighted by Gasteiger charge is -2.59. The number of carbonyl (C=O) groups is 6. The molecular formula is C29H35NO10. The fourth-order valence-corrected chi connectivity index (χ4v) is 8.14. The number of nitrogens with zero attached hydrogens (tertiary/aromatic N) is 1. The van der Waals surface area contributed by atoms with E-state index in [1.165, 1.54) is 0 Å². The molecule has 11 heteroatoms. The van der Waals surface area contributed by atoms with Gasteiger partial charge in [0.15, 0.2) is 12.4 Å². The average molecular weight is 558 g/mol. The van der Waals surface area contributed by atoms with Crippen LogP contribution in [0.5, 0.6) is 0 Å². The standard InChI is InChI=1S/C29H35NO10/c1-27-11-9-17(31)13-16(27)3-4-18-19-10-12-29(38,28(19,2)14-20(32)26(18)27)21(33)15-39-24(36)7-8-25(37)40-30-22(34)5-6-23(30)35/h9,11,13,18-20,26,32,38H,3-8,10,12,14-15H2,1-2H3/t18-,19+,20+,26+,27+,28+,29-/m1/s1. The molecule has 5 aliphatic rings. The summed E-state index contributed by atoms with van der Waals surface area (Å²) in [5.74, 6) is -3.94. The van der Waals surface area contributed by atoms with Gasteiger partial charge in [-0.05, 0) is 56.1 Å². The number of rotatable bonds is 7. The van der Waals surface area contributed by atoms with Crippen molar-refractivity contribution in [2.24, 2.45) is 28.6 Å². The number of imide groups is 1. The first-order valence-electron chi connectivity index (χ1n) is 13.9. The van der Waals surface area contributed by atoms with Gasteiger partial charge in [-0.1, -0.05) is 25.5 Å². The number of amides is 2. The number of aliphatic hydroxyl groups excluding tert-OH is 1. The summed E-state index contributed by atoms with van der Waals surface area (Å²) in [6.45, 7) is 3.19. The summed E-state index contributed by atoms with van der Waals surface area (Å²) in [7, 11) is 0. The maximum atomic E-state index is 13.3. The van der Waals surface area contributed by atoms with E-state index in [1.807, 2.05) is 19.9 Å². The number of Topliss-reactive ketones (excluding diaryl/α,β-unsaturated/α-hetero) is 1. The Morgan fingerprint density at radius 3 is 2.40 bits per heavy atom. The minimum absolute atomic E-state index is 0.0403. The Kier molecular flexibility index (Phi) is 7.11. The maximum absolute atomic E-state index is 13.3. The molecule has 216 valence electrons. The van der Waals surface area contributed by atoms with Crippen molar-refractivity contribution in [1.29, 1.82) is 0 Å². The van der Waals surface area contributed by atoms with Crippen LogP contribution in [0.15, 0.2) is 23.8 Å². The second-order valence-electron chi connectivity index (χ2n) is 12.2. The van der Waals surface area contributed by atoms with Gasteiger partial charge in [-0.2, -0.15) is 0 Å². The van der Waals surface area contributed by atoms with Gasteiger partial charge >= 0.3 is 11.9 Å². The Balaban J connectivity index is 1.20. The lowest BCUT2D eigenvalue weighted by atomic mass is 9.46. The van der Waals surface area contributed by atoms with Gasteiger partial charge < -0.3 is 19.8 Å². The van der Waals surface area contributed by atoms with Gasteiger partial charge in [0.2, 0.25) is 5.78 Å². The van der Waals surface area contributed by atoms with Gasteiger partial charge in [0.25, 0.3) is 11.8 Å². The third kappa shape index (κ3) is 4.43. The van der Waals surface area contributed by atoms with Crippen molar-refractivity contribution >= 4 is 35.3 Å². The molecule has 40 heavy (non-hydrogen) atoms. The topological polar surface area (TPSA) is 165 Å². The quantitative estimate of drug-likeness (QED) is 0.346. The fourth-order valence-electron chi connectivity index (χ4n) is 8.14. The molecule has 4 aliphatic carbocycles. The van der Waals surface area contributed by atoms with E-state index in [1.54, 1.807) is 12.2 Å². The number of fused-ring (bicyclic) bond motifs is 5. The second kappa shape index (κ2) is 10.0. The SMILES string of the molecule is C[C@]12C=CC(=O)C=C1CC[C@H]1[C@H]2[C@@H](O)C[C@@]2(C)[C@H]1CC[C@@]2(O)C(=O)COC(=O)CCC(=O)ON1C(=O)CCC1=O. The number of hydrogen-bond donors (Lipinski definition) is 2. The molecule has 5 rings (SSSR count). The highest BCUT2D eigenvalue weighted by Crippen LogP contribution is 2.67. The predicted molar refractivity (Wildman–Crippen MR) is 135 cm³/mol. The summed E-state index contributed by atoms with van der Waals surface area (Å²) in [6, 6.07) is 0. The van der Waals surface area contributed by atoms with E-state index in [0.29, 0.717) is 17.9 Å². The minimum Gasteiger partial charge on any atom is -0.458 e. The number of ether oxygens (including phenoxy) is 1. The van der Waals surface area contributed by atoms with Crippen LogP contribution in [0.4, 0.5) is 0 Å². The summed E-state index contributed by atoms with van der Waals surface area (Å²) < 4.78 is 5.08. The lowest BCUT2D eigenvalue weighted by molar-refractivity contribution is -0.197. The van der Waals surface area contributed by atoms with Crippen LogP contribution >= 0.6 is 0 Å². The summed E-state index contributed by atoms with van der Waals surface area (Å²) >= 11 is 0. The van der Waals surface area contributed by atoms with Crippen LogP contribution in [0.2, 0.25) is 0 Å². The van der Waals surface area contributed by atoms with Gasteiger partial charge in [-0.15, -0.1) is 5.06 Å². The van der Waals surface area contributed by atoms with Crippen molar-refractivity contribution in [3.8, 4) is 0 Å². The predicted octanol–water partition coefficient (Wildman–Crippen LogP) is 1.50. The molecule has 0 aromatic carbocycles. The molecule has 0 radical (unpaired) electrons. The normalized spacial score (nSPS) is 38.4. The monoisotopic (exact) mass is 557 g/mol. The van der Waals surface area contributed by atoms with E-state index in [2.05, 4.69) is 0 Å². The molecule has 0 bridgehead atoms. The van der Waals surface area contributed by atoms with Gasteiger partial charge in [-0.3, -0.25) is 24.0 Å². The van der Waals surface area contributed by atoms with Crippen LogP contribution < -0.4 is 0 Å². The van der Waals surface area contributed by atoms with Crippen molar-refractivity contribution in [1.82, 2.24) is 5.06 Å². The van der Waals surface area contributed by atoms with E-state index in [9.17, 15) is 39.0 Å². The molecule has 4 fully saturated rings. The number of allylic oxidation sites excluding steroid dienone is 4. The number of hydrogen-bond acceptors (Lipinski definition) is 10. The van der Waals surface area contributed by atoms with Crippen molar-refractivity contribution in [2.75, 3.05) is 6.61 Å². The van der Waals surface area contributed by atoms with Crippen molar-refractivity contribution in [2.45, 2.75) is 83.3 Å². The molecule has 0 aromatic heterocycles. The van der Waals surface area contributed by atoms with Crippen LogP contribution in [0, 0.1) is 28.6 Å². The highest BCUT2D eigenvalue weighted by molar-refractivity contribution is 6.02. The smallest absolute Gasteiger partial charge is 0.333 e. The first-order valence-corrected chi connectivity index (χ1v) is 13.9. The Bertz CT molecular complexity index is 1220. The molecule has 1 heterocycles. The molecular weight excluding hydrogens is 522 g/mol. The molecule has 2 amide bonds. The van der Waals surface area contributed by atoms with Gasteiger partial charge in [-0.25, -0.2) is 4.79 Å². The summed E-state index contributed by atoms with van der Waals surface area (Å²) in [5.41, 5.74) is -2.17. The molecule has 0 spiro atoms. The van der Waals surface area contributed by atoms with Crippen molar-refractivity contribution in [3.63, 3.8) is 0 Å². The summed E-state index contributed by atoms with van der Waals surface area (Å²) in [4.78, 5) is 77.3. The van der Waals surface area contributed by atoms with Crippen LogP contribution in [0.3, 0.4) is 0 Å². The number of aliphatic hydroxyl groups is 2. The zero-order chi connectivity index (χ0) is 29.0. The molecule has 0 unspecified atom stereocenters. The Morgan fingerprint density at radius 1 is 1.02 bits per heavy atom. The van der Waals surface area contributed by atoms with Gasteiger partial charge in [0.1, 0.15) is 5.60 Å². The molecule has 3 saturated carbocycles. The number of carbonyl (C=O) groups excluding carboxylic acids is 6. The molecule has 1 saturated heterocycles. The van der Waals surface area contributed by atoms with Crippen LogP contribution in [-0.2, 0) is 38.3 Å². The summed E-state index contributed by atoms with van der Waals surface area (Å²) in [5, 5.41) is 23.6. The Morgan fingerprint density at radius 2 is 1.70 bits per heavy atom. The number of esters is 1. The third-order valence-corrected chi connectivity index (χ3v) is 10.2. The third-order valence-electron chi connectivity index (χ3n) is 10.2. The van der Waals surface area contributed by atoms with E-state index < -0.39 is 71.5 Å². The van der Waals surface area contributed by atoms with Gasteiger partial charge in [0, 0.05) is 29.6 Å². The maximum Gasteiger partial charge on any atom is 0.333 e. The van der Waals surface area contributed by atoms with Crippen LogP contribution in [0.1, 0.15) is 71.6 Å². The Labute approximate surface area is 231 Å². The van der Waals surface area contributed by atoms with Crippen molar-refractivity contribution < 1.29 is 48.6 Å². The van der Waals surface area contributed by atoms with Crippen molar-refractivity contribution in [3.05, 3.63) is 23.8 Å². The fraction of sp³-hybridized carbons (Fsp3) is 0.655. The highest BCUT2D eigenvalue weighted by atomic mass is 16.7. The van der Waals surface area contributed by atoms with Gasteiger partial charge in [0.05, 0.1) is 18.9 Å². The minimum atomic E-state index is -1.80. The molecule has 7 atom stereocenters. The number of hydroxylamine groups is 2. The van der Waals surface area contributed by atoms with Crippen LogP contribution in [-0.4, -0.2) is 68.9 Å². The van der Waals surface area contributed by atoms with E-state index in [4.69, 9.17) is 9.57 Å². The molecule has 2 N–H and O–H groups in total. The zero-order valence-electron chi connectivity index (χ0n) is 22.7. The van der Waals surface area contributed by atoms with E-state index in [0.717, 1.165) is 12.0 Å². The Hall–Kier alpha value is -3.18. The summed E-state index contributed by atoms with van der Waals surface area (Å²) in [6.07, 6.45) is 5.73. The average Bonchev–Trinajstić information content (AvgIpc) is 3.36. The van der Waals surface area contributed by atoms with E-state index >= 15 is 0 Å². The second-order valence-corrected chi connectivity index (χ2v) is 12.2. The number of ketones is 2. The molecule has 1 aliphatic heterocycles. The van der Waals surface area contributed by atoms with Crippen LogP contribution in [0.25, 0.3) is 0 Å². The highest BCUT2D eigenvalue weighted by Gasteiger charge is 2.68. The zero-order valence-corrected chi connectivity index (χ0v) is 22.7. The molecule has 0 aromatic rings. The first kappa shape index (κ1) is 28.4. The molecule has 11 nitrogen and oxygen atoms in total. The largest absolute Gasteiger partial charge is 0.458 e. The lowest BCUT2D eigenvalue weighted by Crippen LogP contribution is -2.61. The first-order chi connectivity index (χ1) is 18.8.